The second-order valence-electron chi connectivity index (χ2n) is 3.15. The molecule has 0 aliphatic heterocycles. The van der Waals surface area contributed by atoms with E-state index < -0.39 is 5.56 Å². The van der Waals surface area contributed by atoms with Crippen LogP contribution in [0.25, 0.3) is 11.4 Å². The molecule has 2 N–H and O–H groups in total. The molecule has 2 rings (SSSR count). The number of hydrogen-bond donors (Lipinski definition) is 2. The predicted octanol–water partition coefficient (Wildman–Crippen LogP) is 1.15. The van der Waals surface area contributed by atoms with E-state index in [1.165, 1.54) is 7.11 Å². The molecule has 0 saturated carbocycles. The molecule has 2 aromatic rings. The Morgan fingerprint density at radius 1 is 1.38 bits per heavy atom. The third-order valence-electron chi connectivity index (χ3n) is 2.09. The highest BCUT2D eigenvalue weighted by Crippen LogP contribution is 2.26. The first-order chi connectivity index (χ1) is 7.70. The number of H-pyrrole nitrogens is 1. The van der Waals surface area contributed by atoms with Gasteiger partial charge >= 0.3 is 0 Å². The number of aromatic nitrogens is 2. The van der Waals surface area contributed by atoms with Crippen LogP contribution in [-0.4, -0.2) is 22.2 Å². The molecule has 82 valence electrons. The average molecular weight is 218 g/mol. The molecule has 0 amide bonds. The summed E-state index contributed by atoms with van der Waals surface area (Å²) in [4.78, 5) is 17.6. The van der Waals surface area contributed by atoms with Crippen LogP contribution in [0.4, 0.5) is 0 Å². The van der Waals surface area contributed by atoms with Crippen LogP contribution in [0.15, 0.2) is 35.1 Å². The minimum atomic E-state index is -0.409. The molecule has 0 radical (unpaired) electrons. The third kappa shape index (κ3) is 1.88. The topological polar surface area (TPSA) is 75.2 Å². The van der Waals surface area contributed by atoms with E-state index in [0.29, 0.717) is 11.3 Å². The standard InChI is InChI=1S/C11H10N2O3/c1-16-8-5-3-2-4-7(8)11-12-9(14)6-10(15)13-11/h2-6H,1H3,(H2,12,13,14,15). The summed E-state index contributed by atoms with van der Waals surface area (Å²) in [6.45, 7) is 0. The quantitative estimate of drug-likeness (QED) is 0.792. The van der Waals surface area contributed by atoms with Gasteiger partial charge in [0.25, 0.3) is 5.56 Å². The maximum atomic E-state index is 11.2. The number of aromatic hydroxyl groups is 1. The SMILES string of the molecule is COc1ccccc1-c1nc(O)cc(=O)[nH]1. The maximum Gasteiger partial charge on any atom is 0.254 e. The fourth-order valence-electron chi connectivity index (χ4n) is 1.41. The number of benzene rings is 1. The summed E-state index contributed by atoms with van der Waals surface area (Å²) in [5, 5.41) is 9.25. The molecular formula is C11H10N2O3. The number of nitrogens with zero attached hydrogens (tertiary/aromatic N) is 1. The van der Waals surface area contributed by atoms with E-state index in [4.69, 9.17) is 4.74 Å². The molecule has 0 unspecified atom stereocenters. The number of hydrogen-bond acceptors (Lipinski definition) is 4. The van der Waals surface area contributed by atoms with Gasteiger partial charge in [-0.3, -0.25) is 4.79 Å². The number of rotatable bonds is 2. The predicted molar refractivity (Wildman–Crippen MR) is 58.5 cm³/mol. The van der Waals surface area contributed by atoms with Crippen molar-refractivity contribution in [3.63, 3.8) is 0 Å². The fourth-order valence-corrected chi connectivity index (χ4v) is 1.41. The first kappa shape index (κ1) is 10.2. The van der Waals surface area contributed by atoms with Gasteiger partial charge in [0.05, 0.1) is 18.7 Å². The molecular weight excluding hydrogens is 208 g/mol. The van der Waals surface area contributed by atoms with Crippen molar-refractivity contribution >= 4 is 0 Å². The Morgan fingerprint density at radius 3 is 2.81 bits per heavy atom. The summed E-state index contributed by atoms with van der Waals surface area (Å²) in [5.74, 6) is 0.545. The molecule has 0 saturated heterocycles. The van der Waals surface area contributed by atoms with Crippen LogP contribution in [0.2, 0.25) is 0 Å². The Labute approximate surface area is 91.4 Å². The molecule has 1 heterocycles. The Morgan fingerprint density at radius 2 is 2.12 bits per heavy atom. The van der Waals surface area contributed by atoms with Gasteiger partial charge in [0.15, 0.2) is 0 Å². The largest absolute Gasteiger partial charge is 0.496 e. The molecule has 5 heteroatoms. The normalized spacial score (nSPS) is 10.1. The van der Waals surface area contributed by atoms with Crippen LogP contribution >= 0.6 is 0 Å². The van der Waals surface area contributed by atoms with Crippen LogP contribution in [0, 0.1) is 0 Å². The van der Waals surface area contributed by atoms with Crippen molar-refractivity contribution in [2.24, 2.45) is 0 Å². The van der Waals surface area contributed by atoms with E-state index in [0.717, 1.165) is 6.07 Å². The molecule has 1 aromatic carbocycles. The van der Waals surface area contributed by atoms with Crippen LogP contribution in [0.3, 0.4) is 0 Å². The Kier molecular flexibility index (Phi) is 2.59. The van der Waals surface area contributed by atoms with E-state index in [2.05, 4.69) is 9.97 Å². The first-order valence-electron chi connectivity index (χ1n) is 4.64. The highest BCUT2D eigenvalue weighted by atomic mass is 16.5. The van der Waals surface area contributed by atoms with Gasteiger partial charge in [-0.15, -0.1) is 0 Å². The van der Waals surface area contributed by atoms with Gasteiger partial charge in [-0.2, -0.15) is 4.98 Å². The van der Waals surface area contributed by atoms with Crippen LogP contribution in [0.5, 0.6) is 11.6 Å². The van der Waals surface area contributed by atoms with Crippen molar-refractivity contribution in [3.05, 3.63) is 40.7 Å². The van der Waals surface area contributed by atoms with E-state index in [-0.39, 0.29) is 11.7 Å². The van der Waals surface area contributed by atoms with Gasteiger partial charge in [-0.1, -0.05) is 12.1 Å². The first-order valence-corrected chi connectivity index (χ1v) is 4.64. The molecule has 0 atom stereocenters. The van der Waals surface area contributed by atoms with E-state index in [1.807, 2.05) is 6.07 Å². The van der Waals surface area contributed by atoms with Crippen molar-refractivity contribution in [1.82, 2.24) is 9.97 Å². The van der Waals surface area contributed by atoms with Gasteiger partial charge in [0.1, 0.15) is 11.6 Å². The number of methoxy groups -OCH3 is 1. The summed E-state index contributed by atoms with van der Waals surface area (Å²) in [7, 11) is 1.53. The van der Waals surface area contributed by atoms with Crippen molar-refractivity contribution in [3.8, 4) is 23.0 Å². The van der Waals surface area contributed by atoms with Crippen LogP contribution in [-0.2, 0) is 0 Å². The van der Waals surface area contributed by atoms with Gasteiger partial charge in [0, 0.05) is 0 Å². The fraction of sp³-hybridized carbons (Fsp3) is 0.0909. The zero-order valence-corrected chi connectivity index (χ0v) is 8.60. The number of para-hydroxylation sites is 1. The number of ether oxygens (including phenoxy) is 1. The van der Waals surface area contributed by atoms with Crippen molar-refractivity contribution in [1.29, 1.82) is 0 Å². The Balaban J connectivity index is 2.62. The third-order valence-corrected chi connectivity index (χ3v) is 2.09. The molecule has 5 nitrogen and oxygen atoms in total. The summed E-state index contributed by atoms with van der Waals surface area (Å²) in [6, 6.07) is 8.11. The van der Waals surface area contributed by atoms with E-state index >= 15 is 0 Å². The molecule has 0 aliphatic rings. The van der Waals surface area contributed by atoms with Crippen LogP contribution < -0.4 is 10.3 Å². The highest BCUT2D eigenvalue weighted by Gasteiger charge is 2.08. The molecule has 1 aromatic heterocycles. The highest BCUT2D eigenvalue weighted by molar-refractivity contribution is 5.63. The Hall–Kier alpha value is -2.30. The lowest BCUT2D eigenvalue weighted by molar-refractivity contribution is 0.415. The number of aromatic amines is 1. The monoisotopic (exact) mass is 218 g/mol. The maximum absolute atomic E-state index is 11.2. The lowest BCUT2D eigenvalue weighted by atomic mass is 10.2. The zero-order valence-electron chi connectivity index (χ0n) is 8.60. The minimum Gasteiger partial charge on any atom is -0.496 e. The zero-order chi connectivity index (χ0) is 11.5. The molecule has 0 aliphatic carbocycles. The lowest BCUT2D eigenvalue weighted by Crippen LogP contribution is -2.07. The van der Waals surface area contributed by atoms with Crippen LogP contribution in [0.1, 0.15) is 0 Å². The molecule has 0 fully saturated rings. The van der Waals surface area contributed by atoms with Crippen molar-refractivity contribution < 1.29 is 9.84 Å². The average Bonchev–Trinajstić information content (AvgIpc) is 2.27. The summed E-state index contributed by atoms with van der Waals surface area (Å²) < 4.78 is 5.14. The van der Waals surface area contributed by atoms with Gasteiger partial charge in [0.2, 0.25) is 5.88 Å². The summed E-state index contributed by atoms with van der Waals surface area (Å²) in [6.07, 6.45) is 0. The second kappa shape index (κ2) is 4.06. The van der Waals surface area contributed by atoms with Crippen molar-refractivity contribution in [2.75, 3.05) is 7.11 Å². The van der Waals surface area contributed by atoms with Crippen molar-refractivity contribution in [2.45, 2.75) is 0 Å². The van der Waals surface area contributed by atoms with E-state index in [9.17, 15) is 9.90 Å². The summed E-state index contributed by atoms with van der Waals surface area (Å²) in [5.41, 5.74) is 0.214. The lowest BCUT2D eigenvalue weighted by Gasteiger charge is -2.06. The summed E-state index contributed by atoms with van der Waals surface area (Å²) >= 11 is 0. The second-order valence-corrected chi connectivity index (χ2v) is 3.15. The number of nitrogens with one attached hydrogen (secondary N) is 1. The Bertz CT molecular complexity index is 563. The molecule has 0 bridgehead atoms. The van der Waals surface area contributed by atoms with Gasteiger partial charge in [-0.05, 0) is 12.1 Å². The van der Waals surface area contributed by atoms with E-state index in [1.54, 1.807) is 18.2 Å². The van der Waals surface area contributed by atoms with Gasteiger partial charge < -0.3 is 14.8 Å². The van der Waals surface area contributed by atoms with Gasteiger partial charge in [-0.25, -0.2) is 0 Å². The molecule has 16 heavy (non-hydrogen) atoms. The minimum absolute atomic E-state index is 0.280. The smallest absolute Gasteiger partial charge is 0.254 e. The molecule has 0 spiro atoms.